The van der Waals surface area contributed by atoms with Crippen molar-refractivity contribution in [2.24, 2.45) is 0 Å². The standard InChI is InChI=1S/C18H17Cl2NO4/c1-10-4-6-13(7-5-10)25-11(2)17(22)21-16-14(18(23)24-3)8-12(19)9-15(16)20/h4-9,11H,1-3H3,(H,21,22)/t11-/m1/s1. The van der Waals surface area contributed by atoms with Gasteiger partial charge in [0.2, 0.25) is 0 Å². The van der Waals surface area contributed by atoms with Crippen LogP contribution in [-0.2, 0) is 9.53 Å². The van der Waals surface area contributed by atoms with Gasteiger partial charge in [0.1, 0.15) is 5.75 Å². The highest BCUT2D eigenvalue weighted by Crippen LogP contribution is 2.31. The molecule has 0 saturated heterocycles. The number of nitrogens with one attached hydrogen (secondary N) is 1. The van der Waals surface area contributed by atoms with Gasteiger partial charge in [-0.05, 0) is 38.1 Å². The van der Waals surface area contributed by atoms with Crippen molar-refractivity contribution < 1.29 is 19.1 Å². The molecule has 0 bridgehead atoms. The fraction of sp³-hybridized carbons (Fsp3) is 0.222. The zero-order chi connectivity index (χ0) is 18.6. The number of halogens is 2. The van der Waals surface area contributed by atoms with Crippen molar-refractivity contribution in [2.75, 3.05) is 12.4 Å². The fourth-order valence-electron chi connectivity index (χ4n) is 2.07. The summed E-state index contributed by atoms with van der Waals surface area (Å²) in [6.45, 7) is 3.55. The molecular weight excluding hydrogens is 365 g/mol. The molecule has 25 heavy (non-hydrogen) atoms. The van der Waals surface area contributed by atoms with Crippen LogP contribution in [0.15, 0.2) is 36.4 Å². The van der Waals surface area contributed by atoms with E-state index in [1.165, 1.54) is 19.2 Å². The van der Waals surface area contributed by atoms with Crippen molar-refractivity contribution >= 4 is 40.8 Å². The molecule has 0 aromatic heterocycles. The minimum atomic E-state index is -0.806. The predicted molar refractivity (Wildman–Crippen MR) is 97.7 cm³/mol. The van der Waals surface area contributed by atoms with Crippen LogP contribution < -0.4 is 10.1 Å². The number of rotatable bonds is 5. The maximum atomic E-state index is 12.4. The average Bonchev–Trinajstić information content (AvgIpc) is 2.58. The number of benzene rings is 2. The summed E-state index contributed by atoms with van der Waals surface area (Å²) in [6, 6.07) is 10.1. The van der Waals surface area contributed by atoms with Crippen molar-refractivity contribution in [3.05, 3.63) is 57.6 Å². The Bertz CT molecular complexity index is 790. The van der Waals surface area contributed by atoms with E-state index in [4.69, 9.17) is 32.7 Å². The molecule has 2 rings (SSSR count). The lowest BCUT2D eigenvalue weighted by Crippen LogP contribution is -2.31. The van der Waals surface area contributed by atoms with Gasteiger partial charge >= 0.3 is 5.97 Å². The zero-order valence-electron chi connectivity index (χ0n) is 13.9. The van der Waals surface area contributed by atoms with Gasteiger partial charge in [0.25, 0.3) is 5.91 Å². The first-order valence-electron chi connectivity index (χ1n) is 7.43. The van der Waals surface area contributed by atoms with E-state index in [2.05, 4.69) is 5.32 Å². The molecule has 7 heteroatoms. The Morgan fingerprint density at radius 3 is 2.36 bits per heavy atom. The molecule has 0 aliphatic carbocycles. The van der Waals surface area contributed by atoms with E-state index >= 15 is 0 Å². The summed E-state index contributed by atoms with van der Waals surface area (Å²) in [4.78, 5) is 24.3. The highest BCUT2D eigenvalue weighted by atomic mass is 35.5. The van der Waals surface area contributed by atoms with Crippen LogP contribution in [-0.4, -0.2) is 25.1 Å². The lowest BCUT2D eigenvalue weighted by Gasteiger charge is -2.17. The number of ether oxygens (including phenoxy) is 2. The smallest absolute Gasteiger partial charge is 0.340 e. The number of hydrogen-bond donors (Lipinski definition) is 1. The third-order valence-electron chi connectivity index (χ3n) is 3.41. The van der Waals surface area contributed by atoms with E-state index in [1.807, 2.05) is 19.1 Å². The van der Waals surface area contributed by atoms with Crippen molar-refractivity contribution in [3.8, 4) is 5.75 Å². The summed E-state index contributed by atoms with van der Waals surface area (Å²) >= 11 is 12.0. The fourth-order valence-corrected chi connectivity index (χ4v) is 2.61. The topological polar surface area (TPSA) is 64.6 Å². The number of amides is 1. The number of aryl methyl sites for hydroxylation is 1. The van der Waals surface area contributed by atoms with Crippen LogP contribution in [0.4, 0.5) is 5.69 Å². The molecule has 5 nitrogen and oxygen atoms in total. The highest BCUT2D eigenvalue weighted by molar-refractivity contribution is 6.37. The first-order valence-corrected chi connectivity index (χ1v) is 8.19. The summed E-state index contributed by atoms with van der Waals surface area (Å²) in [6.07, 6.45) is -0.806. The summed E-state index contributed by atoms with van der Waals surface area (Å²) < 4.78 is 10.3. The number of carbonyl (C=O) groups excluding carboxylic acids is 2. The molecule has 0 aliphatic rings. The van der Waals surface area contributed by atoms with Gasteiger partial charge in [-0.15, -0.1) is 0 Å². The Labute approximate surface area is 155 Å². The van der Waals surface area contributed by atoms with Crippen molar-refractivity contribution in [1.29, 1.82) is 0 Å². The highest BCUT2D eigenvalue weighted by Gasteiger charge is 2.22. The van der Waals surface area contributed by atoms with E-state index < -0.39 is 18.0 Å². The normalized spacial score (nSPS) is 11.6. The molecule has 0 unspecified atom stereocenters. The molecule has 0 spiro atoms. The van der Waals surface area contributed by atoms with Crippen LogP contribution in [0.1, 0.15) is 22.8 Å². The molecule has 0 heterocycles. The van der Waals surface area contributed by atoms with Gasteiger partial charge in [0, 0.05) is 5.02 Å². The number of hydrogen-bond acceptors (Lipinski definition) is 4. The van der Waals surface area contributed by atoms with E-state index in [9.17, 15) is 9.59 Å². The van der Waals surface area contributed by atoms with Crippen molar-refractivity contribution in [2.45, 2.75) is 20.0 Å². The summed E-state index contributed by atoms with van der Waals surface area (Å²) in [5, 5.41) is 2.98. The van der Waals surface area contributed by atoms with Gasteiger partial charge in [-0.3, -0.25) is 4.79 Å². The van der Waals surface area contributed by atoms with E-state index in [0.29, 0.717) is 5.75 Å². The minimum absolute atomic E-state index is 0.0656. The third kappa shape index (κ3) is 4.87. The Hall–Kier alpha value is -2.24. The molecular formula is C18H17Cl2NO4. The van der Waals surface area contributed by atoms with Gasteiger partial charge < -0.3 is 14.8 Å². The minimum Gasteiger partial charge on any atom is -0.481 e. The molecule has 0 aliphatic heterocycles. The maximum absolute atomic E-state index is 12.4. The van der Waals surface area contributed by atoms with Crippen molar-refractivity contribution in [1.82, 2.24) is 0 Å². The number of anilines is 1. The number of carbonyl (C=O) groups is 2. The van der Waals surface area contributed by atoms with Crippen LogP contribution in [0.2, 0.25) is 10.0 Å². The molecule has 0 radical (unpaired) electrons. The molecule has 0 saturated carbocycles. The third-order valence-corrected chi connectivity index (χ3v) is 3.93. The van der Waals surface area contributed by atoms with Crippen LogP contribution in [0.3, 0.4) is 0 Å². The maximum Gasteiger partial charge on any atom is 0.340 e. The first kappa shape index (κ1) is 19.1. The second-order valence-corrected chi connectivity index (χ2v) is 6.21. The Morgan fingerprint density at radius 2 is 1.76 bits per heavy atom. The molecule has 2 aromatic carbocycles. The Morgan fingerprint density at radius 1 is 1.12 bits per heavy atom. The monoisotopic (exact) mass is 381 g/mol. The van der Waals surface area contributed by atoms with Crippen LogP contribution in [0.25, 0.3) is 0 Å². The molecule has 132 valence electrons. The van der Waals surface area contributed by atoms with Crippen LogP contribution in [0.5, 0.6) is 5.75 Å². The molecule has 1 N–H and O–H groups in total. The average molecular weight is 382 g/mol. The second-order valence-electron chi connectivity index (χ2n) is 5.36. The number of esters is 1. The number of methoxy groups -OCH3 is 1. The lowest BCUT2D eigenvalue weighted by molar-refractivity contribution is -0.122. The lowest BCUT2D eigenvalue weighted by atomic mass is 10.1. The van der Waals surface area contributed by atoms with Gasteiger partial charge in [-0.1, -0.05) is 40.9 Å². The SMILES string of the molecule is COC(=O)c1cc(Cl)cc(Cl)c1NC(=O)[C@@H](C)Oc1ccc(C)cc1. The van der Waals surface area contributed by atoms with E-state index in [-0.39, 0.29) is 21.3 Å². The second kappa shape index (κ2) is 8.23. The zero-order valence-corrected chi connectivity index (χ0v) is 15.4. The summed E-state index contributed by atoms with van der Waals surface area (Å²) in [5.74, 6) is -0.564. The van der Waals surface area contributed by atoms with E-state index in [1.54, 1.807) is 19.1 Å². The van der Waals surface area contributed by atoms with E-state index in [0.717, 1.165) is 5.56 Å². The molecule has 2 aromatic rings. The van der Waals surface area contributed by atoms with Gasteiger partial charge in [-0.25, -0.2) is 4.79 Å². The predicted octanol–water partition coefficient (Wildman–Crippen LogP) is 4.49. The molecule has 1 atom stereocenters. The Kier molecular flexibility index (Phi) is 6.28. The van der Waals surface area contributed by atoms with Crippen molar-refractivity contribution in [3.63, 3.8) is 0 Å². The Balaban J connectivity index is 2.19. The largest absolute Gasteiger partial charge is 0.481 e. The van der Waals surface area contributed by atoms with Gasteiger partial charge in [-0.2, -0.15) is 0 Å². The summed E-state index contributed by atoms with van der Waals surface area (Å²) in [7, 11) is 1.23. The van der Waals surface area contributed by atoms with Crippen LogP contribution >= 0.6 is 23.2 Å². The first-order chi connectivity index (χ1) is 11.8. The van der Waals surface area contributed by atoms with Gasteiger partial charge in [0.15, 0.2) is 6.10 Å². The van der Waals surface area contributed by atoms with Gasteiger partial charge in [0.05, 0.1) is 23.4 Å². The quantitative estimate of drug-likeness (QED) is 0.774. The summed E-state index contributed by atoms with van der Waals surface area (Å²) in [5.41, 5.74) is 1.28. The molecule has 1 amide bonds. The van der Waals surface area contributed by atoms with Crippen LogP contribution in [0, 0.1) is 6.92 Å². The molecule has 0 fully saturated rings.